The van der Waals surface area contributed by atoms with Gasteiger partial charge in [-0.15, -0.1) is 0 Å². The van der Waals surface area contributed by atoms with Gasteiger partial charge in [0.25, 0.3) is 0 Å². The number of carbonyl (C=O) groups is 1. The fourth-order valence-electron chi connectivity index (χ4n) is 2.12. The van der Waals surface area contributed by atoms with Crippen molar-refractivity contribution in [1.82, 2.24) is 0 Å². The van der Waals surface area contributed by atoms with Gasteiger partial charge in [0.05, 0.1) is 6.61 Å². The number of benzene rings is 1. The largest absolute Gasteiger partial charge is 0.392 e. The average Bonchev–Trinajstić information content (AvgIpc) is 2.40. The summed E-state index contributed by atoms with van der Waals surface area (Å²) in [6.45, 7) is 0.0357. The molecule has 0 aromatic heterocycles. The number of aliphatic hydroxyl groups excluding tert-OH is 1. The molecule has 0 spiro atoms. The summed E-state index contributed by atoms with van der Waals surface area (Å²) in [6, 6.07) is 7.32. The lowest BCUT2D eigenvalue weighted by molar-refractivity contribution is -0.117. The highest BCUT2D eigenvalue weighted by molar-refractivity contribution is 7.99. The third kappa shape index (κ3) is 4.03. The zero-order valence-electron chi connectivity index (χ0n) is 10.4. The molecule has 4 heteroatoms. The molecular weight excluding hydrogens is 246 g/mol. The van der Waals surface area contributed by atoms with Crippen molar-refractivity contribution in [1.29, 1.82) is 0 Å². The van der Waals surface area contributed by atoms with E-state index < -0.39 is 0 Å². The van der Waals surface area contributed by atoms with Crippen LogP contribution in [0.5, 0.6) is 0 Å². The molecule has 1 aliphatic heterocycles. The second kappa shape index (κ2) is 6.81. The van der Waals surface area contributed by atoms with Crippen LogP contribution in [0.4, 0.5) is 5.69 Å². The zero-order chi connectivity index (χ0) is 12.8. The molecule has 0 bridgehead atoms. The SMILES string of the molecule is O=C(CC1CCSCC1)Nc1ccc(CO)cc1. The molecule has 3 nitrogen and oxygen atoms in total. The molecule has 1 aliphatic rings. The van der Waals surface area contributed by atoms with Gasteiger partial charge in [0, 0.05) is 12.1 Å². The normalized spacial score (nSPS) is 16.5. The summed E-state index contributed by atoms with van der Waals surface area (Å²) >= 11 is 1.98. The van der Waals surface area contributed by atoms with Crippen LogP contribution in [0, 0.1) is 5.92 Å². The predicted molar refractivity (Wildman–Crippen MR) is 75.7 cm³/mol. The van der Waals surface area contributed by atoms with E-state index in [1.807, 2.05) is 36.0 Å². The number of thioether (sulfide) groups is 1. The lowest BCUT2D eigenvalue weighted by Gasteiger charge is -2.20. The summed E-state index contributed by atoms with van der Waals surface area (Å²) in [4.78, 5) is 11.9. The summed E-state index contributed by atoms with van der Waals surface area (Å²) in [5, 5.41) is 11.9. The maximum atomic E-state index is 11.9. The van der Waals surface area contributed by atoms with Crippen LogP contribution in [-0.4, -0.2) is 22.5 Å². The third-order valence-corrected chi connectivity index (χ3v) is 4.28. The average molecular weight is 265 g/mol. The Kier molecular flexibility index (Phi) is 5.08. The van der Waals surface area contributed by atoms with Crippen molar-refractivity contribution < 1.29 is 9.90 Å². The highest BCUT2D eigenvalue weighted by Crippen LogP contribution is 2.25. The fraction of sp³-hybridized carbons (Fsp3) is 0.500. The molecule has 1 amide bonds. The van der Waals surface area contributed by atoms with Crippen molar-refractivity contribution in [3.05, 3.63) is 29.8 Å². The van der Waals surface area contributed by atoms with Crippen LogP contribution in [0.3, 0.4) is 0 Å². The quantitative estimate of drug-likeness (QED) is 0.880. The standard InChI is InChI=1S/C14H19NO2S/c16-10-12-1-3-13(4-2-12)15-14(17)9-11-5-7-18-8-6-11/h1-4,11,16H,5-10H2,(H,15,17). The van der Waals surface area contributed by atoms with Crippen molar-refractivity contribution in [3.8, 4) is 0 Å². The van der Waals surface area contributed by atoms with Crippen molar-refractivity contribution in [2.75, 3.05) is 16.8 Å². The topological polar surface area (TPSA) is 49.3 Å². The second-order valence-corrected chi connectivity index (χ2v) is 5.89. The third-order valence-electron chi connectivity index (χ3n) is 3.24. The molecule has 0 saturated carbocycles. The van der Waals surface area contributed by atoms with E-state index in [0.717, 1.165) is 24.1 Å². The Balaban J connectivity index is 1.82. The first-order chi connectivity index (χ1) is 8.78. The number of hydrogen-bond donors (Lipinski definition) is 2. The van der Waals surface area contributed by atoms with Gasteiger partial charge >= 0.3 is 0 Å². The van der Waals surface area contributed by atoms with Crippen LogP contribution in [0.2, 0.25) is 0 Å². The van der Waals surface area contributed by atoms with E-state index in [-0.39, 0.29) is 12.5 Å². The van der Waals surface area contributed by atoms with Crippen molar-refractivity contribution in [3.63, 3.8) is 0 Å². The van der Waals surface area contributed by atoms with Gasteiger partial charge in [0.15, 0.2) is 0 Å². The van der Waals surface area contributed by atoms with Gasteiger partial charge in [-0.1, -0.05) is 12.1 Å². The number of aliphatic hydroxyl groups is 1. The lowest BCUT2D eigenvalue weighted by atomic mass is 9.98. The molecule has 1 heterocycles. The lowest BCUT2D eigenvalue weighted by Crippen LogP contribution is -2.19. The molecule has 1 fully saturated rings. The first kappa shape index (κ1) is 13.4. The van der Waals surface area contributed by atoms with Crippen LogP contribution in [-0.2, 0) is 11.4 Å². The molecule has 2 rings (SSSR count). The van der Waals surface area contributed by atoms with Crippen LogP contribution >= 0.6 is 11.8 Å². The molecule has 98 valence electrons. The highest BCUT2D eigenvalue weighted by Gasteiger charge is 2.17. The summed E-state index contributed by atoms with van der Waals surface area (Å²) in [7, 11) is 0. The van der Waals surface area contributed by atoms with E-state index in [4.69, 9.17) is 5.11 Å². The molecule has 1 saturated heterocycles. The molecule has 0 radical (unpaired) electrons. The van der Waals surface area contributed by atoms with Crippen molar-refractivity contribution in [2.45, 2.75) is 25.9 Å². The minimum absolute atomic E-state index is 0.0357. The van der Waals surface area contributed by atoms with Gasteiger partial charge in [-0.05, 0) is 48.0 Å². The minimum atomic E-state index is 0.0357. The number of amides is 1. The molecule has 0 aliphatic carbocycles. The molecule has 0 unspecified atom stereocenters. The van der Waals surface area contributed by atoms with E-state index in [0.29, 0.717) is 12.3 Å². The Morgan fingerprint density at radius 3 is 2.56 bits per heavy atom. The van der Waals surface area contributed by atoms with Gasteiger partial charge in [0.2, 0.25) is 5.91 Å². The number of carbonyl (C=O) groups excluding carboxylic acids is 1. The number of rotatable bonds is 4. The van der Waals surface area contributed by atoms with Crippen molar-refractivity contribution >= 4 is 23.4 Å². The van der Waals surface area contributed by atoms with Gasteiger partial charge in [-0.2, -0.15) is 11.8 Å². The molecule has 1 aromatic rings. The van der Waals surface area contributed by atoms with E-state index in [9.17, 15) is 4.79 Å². The summed E-state index contributed by atoms with van der Waals surface area (Å²) in [6.07, 6.45) is 2.94. The fourth-order valence-corrected chi connectivity index (χ4v) is 3.32. The molecule has 0 atom stereocenters. The van der Waals surface area contributed by atoms with E-state index in [1.54, 1.807) is 0 Å². The predicted octanol–water partition coefficient (Wildman–Crippen LogP) is 2.65. The monoisotopic (exact) mass is 265 g/mol. The van der Waals surface area contributed by atoms with Crippen molar-refractivity contribution in [2.24, 2.45) is 5.92 Å². The minimum Gasteiger partial charge on any atom is -0.392 e. The smallest absolute Gasteiger partial charge is 0.224 e. The first-order valence-corrected chi connectivity index (χ1v) is 7.51. The Morgan fingerprint density at radius 2 is 1.94 bits per heavy atom. The second-order valence-electron chi connectivity index (χ2n) is 4.66. The summed E-state index contributed by atoms with van der Waals surface area (Å²) in [5.41, 5.74) is 1.67. The maximum absolute atomic E-state index is 11.9. The zero-order valence-corrected chi connectivity index (χ0v) is 11.2. The number of hydrogen-bond acceptors (Lipinski definition) is 3. The number of anilines is 1. The van der Waals surface area contributed by atoms with E-state index in [1.165, 1.54) is 11.5 Å². The van der Waals surface area contributed by atoms with E-state index in [2.05, 4.69) is 5.32 Å². The molecule has 2 N–H and O–H groups in total. The summed E-state index contributed by atoms with van der Waals surface area (Å²) < 4.78 is 0. The van der Waals surface area contributed by atoms with E-state index >= 15 is 0 Å². The molecule has 1 aromatic carbocycles. The Morgan fingerprint density at radius 1 is 1.28 bits per heavy atom. The van der Waals surface area contributed by atoms with Gasteiger partial charge in [0.1, 0.15) is 0 Å². The summed E-state index contributed by atoms with van der Waals surface area (Å²) in [5.74, 6) is 3.01. The van der Waals surface area contributed by atoms with Crippen LogP contribution in [0.15, 0.2) is 24.3 Å². The van der Waals surface area contributed by atoms with Crippen LogP contribution < -0.4 is 5.32 Å². The molecule has 18 heavy (non-hydrogen) atoms. The Labute approximate surface area is 112 Å². The Bertz CT molecular complexity index is 385. The van der Waals surface area contributed by atoms with Gasteiger partial charge < -0.3 is 10.4 Å². The van der Waals surface area contributed by atoms with Gasteiger partial charge in [-0.25, -0.2) is 0 Å². The van der Waals surface area contributed by atoms with Crippen LogP contribution in [0.25, 0.3) is 0 Å². The first-order valence-electron chi connectivity index (χ1n) is 6.35. The number of nitrogens with one attached hydrogen (secondary N) is 1. The van der Waals surface area contributed by atoms with Crippen LogP contribution in [0.1, 0.15) is 24.8 Å². The highest BCUT2D eigenvalue weighted by atomic mass is 32.2. The molecular formula is C14H19NO2S. The van der Waals surface area contributed by atoms with Gasteiger partial charge in [-0.3, -0.25) is 4.79 Å². The maximum Gasteiger partial charge on any atom is 0.224 e. The Hall–Kier alpha value is -1.00.